The first-order valence-electron chi connectivity index (χ1n) is 7.75. The fourth-order valence-corrected chi connectivity index (χ4v) is 2.45. The number of nitrogens with zero attached hydrogens (tertiary/aromatic N) is 1. The molecular weight excluding hydrogens is 300 g/mol. The Morgan fingerprint density at radius 3 is 2.38 bits per heavy atom. The van der Waals surface area contributed by atoms with Crippen molar-refractivity contribution in [2.24, 2.45) is 0 Å². The number of nitrogens with one attached hydrogen (secondary N) is 1. The zero-order valence-corrected chi connectivity index (χ0v) is 13.5. The lowest BCUT2D eigenvalue weighted by Gasteiger charge is -2.05. The van der Waals surface area contributed by atoms with Crippen LogP contribution in [0.3, 0.4) is 0 Å². The van der Waals surface area contributed by atoms with E-state index in [4.69, 9.17) is 4.74 Å². The molecule has 3 rings (SSSR count). The Hall–Kier alpha value is -3.14. The maximum Gasteiger partial charge on any atom is 0.305 e. The van der Waals surface area contributed by atoms with Crippen molar-refractivity contribution in [1.82, 2.24) is 0 Å². The molecule has 0 unspecified atom stereocenters. The van der Waals surface area contributed by atoms with Gasteiger partial charge in [-0.05, 0) is 35.9 Å². The van der Waals surface area contributed by atoms with Crippen LogP contribution < -0.4 is 14.8 Å². The number of aromatic nitrogens is 1. The second-order valence-corrected chi connectivity index (χ2v) is 5.39. The molecule has 1 N–H and O–H groups in total. The van der Waals surface area contributed by atoms with Crippen molar-refractivity contribution in [3.8, 4) is 5.75 Å². The molecule has 120 valence electrons. The molecule has 0 spiro atoms. The molecule has 24 heavy (non-hydrogen) atoms. The van der Waals surface area contributed by atoms with E-state index < -0.39 is 0 Å². The molecule has 1 amide bonds. The lowest BCUT2D eigenvalue weighted by Crippen LogP contribution is -2.51. The Kier molecular flexibility index (Phi) is 4.87. The number of benzene rings is 2. The van der Waals surface area contributed by atoms with Crippen LogP contribution in [0.15, 0.2) is 79.0 Å². The molecule has 1 heterocycles. The van der Waals surface area contributed by atoms with Gasteiger partial charge in [0.2, 0.25) is 5.69 Å². The number of rotatable bonds is 5. The van der Waals surface area contributed by atoms with E-state index in [9.17, 15) is 4.79 Å². The number of methoxy groups -OCH3 is 1. The number of amides is 1. The summed E-state index contributed by atoms with van der Waals surface area (Å²) in [5.41, 5.74) is 5.69. The highest BCUT2D eigenvalue weighted by Gasteiger charge is 2.15. The molecule has 0 saturated heterocycles. The molecule has 0 aliphatic rings. The van der Waals surface area contributed by atoms with Gasteiger partial charge in [-0.25, -0.2) is 0 Å². The minimum Gasteiger partial charge on any atom is -0.497 e. The van der Waals surface area contributed by atoms with Crippen molar-refractivity contribution >= 4 is 5.91 Å². The molecule has 0 saturated carbocycles. The summed E-state index contributed by atoms with van der Waals surface area (Å²) >= 11 is 0. The van der Waals surface area contributed by atoms with Crippen molar-refractivity contribution in [1.29, 1.82) is 0 Å². The molecule has 4 heteroatoms. The summed E-state index contributed by atoms with van der Waals surface area (Å²) in [6, 6.07) is 22.9. The zero-order valence-electron chi connectivity index (χ0n) is 13.5. The minimum atomic E-state index is -0.136. The summed E-state index contributed by atoms with van der Waals surface area (Å²) in [4.78, 5) is 12.4. The van der Waals surface area contributed by atoms with Crippen LogP contribution in [-0.2, 0) is 6.42 Å². The molecule has 0 aliphatic carbocycles. The highest BCUT2D eigenvalue weighted by atomic mass is 16.5. The van der Waals surface area contributed by atoms with Crippen LogP contribution in [0.1, 0.15) is 21.6 Å². The van der Waals surface area contributed by atoms with Gasteiger partial charge >= 0.3 is 5.91 Å². The van der Waals surface area contributed by atoms with Gasteiger partial charge in [0, 0.05) is 17.7 Å². The highest BCUT2D eigenvalue weighted by Crippen LogP contribution is 2.13. The molecule has 0 radical (unpaired) electrons. The maximum absolute atomic E-state index is 12.4. The molecule has 0 bridgehead atoms. The van der Waals surface area contributed by atoms with Crippen LogP contribution in [0.2, 0.25) is 0 Å². The van der Waals surface area contributed by atoms with Gasteiger partial charge in [-0.15, -0.1) is 5.43 Å². The van der Waals surface area contributed by atoms with Crippen LogP contribution in [0.5, 0.6) is 5.75 Å². The highest BCUT2D eigenvalue weighted by molar-refractivity contribution is 5.98. The second-order valence-electron chi connectivity index (χ2n) is 5.39. The predicted octanol–water partition coefficient (Wildman–Crippen LogP) is 2.96. The summed E-state index contributed by atoms with van der Waals surface area (Å²) in [5, 5.41) is 0. The topological polar surface area (TPSA) is 42.2 Å². The fraction of sp³-hybridized carbons (Fsp3) is 0.100. The molecular formula is C20H19N2O2+. The van der Waals surface area contributed by atoms with Crippen LogP contribution in [-0.4, -0.2) is 13.0 Å². The number of hydrogen-bond acceptors (Lipinski definition) is 2. The molecule has 2 aromatic carbocycles. The first kappa shape index (κ1) is 15.7. The van der Waals surface area contributed by atoms with Crippen LogP contribution in [0, 0.1) is 0 Å². The van der Waals surface area contributed by atoms with Crippen LogP contribution >= 0.6 is 0 Å². The number of pyridine rings is 1. The van der Waals surface area contributed by atoms with Crippen molar-refractivity contribution in [3.63, 3.8) is 0 Å². The zero-order chi connectivity index (χ0) is 16.8. The Bertz CT molecular complexity index is 815. The van der Waals surface area contributed by atoms with Gasteiger partial charge in [0.15, 0.2) is 6.20 Å². The number of carbonyl (C=O) groups is 1. The normalized spacial score (nSPS) is 10.2. The van der Waals surface area contributed by atoms with E-state index in [-0.39, 0.29) is 5.91 Å². The molecule has 0 aliphatic heterocycles. The first-order chi connectivity index (χ1) is 11.8. The molecule has 0 fully saturated rings. The van der Waals surface area contributed by atoms with E-state index in [1.54, 1.807) is 23.9 Å². The number of hydrogen-bond donors (Lipinski definition) is 1. The van der Waals surface area contributed by atoms with E-state index in [1.165, 1.54) is 0 Å². The second kappa shape index (κ2) is 7.42. The Morgan fingerprint density at radius 2 is 1.67 bits per heavy atom. The van der Waals surface area contributed by atoms with Crippen molar-refractivity contribution in [3.05, 3.63) is 95.8 Å². The van der Waals surface area contributed by atoms with E-state index in [1.807, 2.05) is 66.9 Å². The van der Waals surface area contributed by atoms with Gasteiger partial charge in [-0.3, -0.25) is 4.79 Å². The number of carbonyl (C=O) groups excluding carboxylic acids is 1. The predicted molar refractivity (Wildman–Crippen MR) is 92.6 cm³/mol. The van der Waals surface area contributed by atoms with Gasteiger partial charge in [0.1, 0.15) is 5.75 Å². The summed E-state index contributed by atoms with van der Waals surface area (Å²) in [5.74, 6) is 0.694. The van der Waals surface area contributed by atoms with Crippen molar-refractivity contribution < 1.29 is 14.2 Å². The Morgan fingerprint density at radius 1 is 0.958 bits per heavy atom. The largest absolute Gasteiger partial charge is 0.497 e. The molecule has 3 aromatic rings. The summed E-state index contributed by atoms with van der Waals surface area (Å²) < 4.78 is 6.95. The lowest BCUT2D eigenvalue weighted by atomic mass is 10.1. The van der Waals surface area contributed by atoms with Crippen LogP contribution in [0.4, 0.5) is 0 Å². The minimum absolute atomic E-state index is 0.136. The maximum atomic E-state index is 12.4. The summed E-state index contributed by atoms with van der Waals surface area (Å²) in [6.45, 7) is 0. The quantitative estimate of drug-likeness (QED) is 0.735. The third-order valence-corrected chi connectivity index (χ3v) is 3.75. The molecule has 0 atom stereocenters. The smallest absolute Gasteiger partial charge is 0.305 e. The fourth-order valence-electron chi connectivity index (χ4n) is 2.45. The van der Waals surface area contributed by atoms with Gasteiger partial charge < -0.3 is 4.74 Å². The Labute approximate surface area is 141 Å². The lowest BCUT2D eigenvalue weighted by molar-refractivity contribution is -0.649. The summed E-state index contributed by atoms with van der Waals surface area (Å²) in [6.07, 6.45) is 2.56. The van der Waals surface area contributed by atoms with Crippen molar-refractivity contribution in [2.45, 2.75) is 6.42 Å². The van der Waals surface area contributed by atoms with Gasteiger partial charge in [-0.2, -0.15) is 0 Å². The van der Waals surface area contributed by atoms with E-state index >= 15 is 0 Å². The first-order valence-corrected chi connectivity index (χ1v) is 7.75. The van der Waals surface area contributed by atoms with Gasteiger partial charge in [0.05, 0.1) is 13.5 Å². The monoisotopic (exact) mass is 319 g/mol. The number of ether oxygens (including phenoxy) is 1. The van der Waals surface area contributed by atoms with Gasteiger partial charge in [0.25, 0.3) is 0 Å². The third kappa shape index (κ3) is 3.79. The van der Waals surface area contributed by atoms with Crippen molar-refractivity contribution in [2.75, 3.05) is 12.5 Å². The van der Waals surface area contributed by atoms with Crippen LogP contribution in [0.25, 0.3) is 0 Å². The third-order valence-electron chi connectivity index (χ3n) is 3.75. The average Bonchev–Trinajstić information content (AvgIpc) is 2.64. The van der Waals surface area contributed by atoms with Gasteiger partial charge in [-0.1, -0.05) is 35.0 Å². The molecule has 1 aromatic heterocycles. The van der Waals surface area contributed by atoms with E-state index in [2.05, 4.69) is 5.43 Å². The van der Waals surface area contributed by atoms with E-state index in [0.717, 1.165) is 17.0 Å². The standard InChI is InChI=1S/C20H18N2O2/c1-24-19-12-10-16(11-13-19)15-18-9-5-6-14-22(18)21-20(23)17-7-3-2-4-8-17/h2-14H,15H2,1H3/p+1. The van der Waals surface area contributed by atoms with E-state index in [0.29, 0.717) is 12.0 Å². The average molecular weight is 319 g/mol. The Balaban J connectivity index is 1.78. The SMILES string of the molecule is COc1ccc(Cc2cccc[n+]2NC(=O)c2ccccc2)cc1. The summed E-state index contributed by atoms with van der Waals surface area (Å²) in [7, 11) is 1.65. The molecule has 4 nitrogen and oxygen atoms in total.